The standard InChI is InChI=1S/C14H28N2OS/c1-4-14(5-2,18-3)11-16-13(17)9-12-7-6-8-15-10-12/h12,15H,4-11H2,1-3H3,(H,16,17). The summed E-state index contributed by atoms with van der Waals surface area (Å²) in [5, 5.41) is 6.50. The number of hydrogen-bond acceptors (Lipinski definition) is 3. The Balaban J connectivity index is 2.30. The molecule has 1 aliphatic heterocycles. The van der Waals surface area contributed by atoms with Crippen LogP contribution in [0.25, 0.3) is 0 Å². The third-order valence-corrected chi connectivity index (χ3v) is 5.79. The number of amides is 1. The maximum atomic E-state index is 12.0. The molecule has 0 aromatic rings. The fraction of sp³-hybridized carbons (Fsp3) is 0.929. The molecule has 1 fully saturated rings. The highest BCUT2D eigenvalue weighted by Gasteiger charge is 2.26. The molecule has 0 bridgehead atoms. The molecule has 1 atom stereocenters. The molecule has 1 amide bonds. The molecule has 1 rings (SSSR count). The monoisotopic (exact) mass is 272 g/mol. The van der Waals surface area contributed by atoms with Crippen LogP contribution in [-0.4, -0.2) is 36.5 Å². The number of piperidine rings is 1. The van der Waals surface area contributed by atoms with E-state index < -0.39 is 0 Å². The predicted octanol–water partition coefficient (Wildman–Crippen LogP) is 2.41. The first kappa shape index (κ1) is 15.8. The maximum absolute atomic E-state index is 12.0. The normalized spacial score (nSPS) is 20.7. The number of rotatable bonds is 7. The molecular formula is C14H28N2OS. The van der Waals surface area contributed by atoms with Crippen molar-refractivity contribution in [2.45, 2.75) is 50.7 Å². The molecule has 3 nitrogen and oxygen atoms in total. The smallest absolute Gasteiger partial charge is 0.220 e. The summed E-state index contributed by atoms with van der Waals surface area (Å²) in [5.74, 6) is 0.759. The Morgan fingerprint density at radius 3 is 2.67 bits per heavy atom. The first-order valence-electron chi connectivity index (χ1n) is 7.18. The number of carbonyl (C=O) groups is 1. The molecule has 106 valence electrons. The van der Waals surface area contributed by atoms with Crippen LogP contribution in [0, 0.1) is 5.92 Å². The lowest BCUT2D eigenvalue weighted by atomic mass is 9.95. The van der Waals surface area contributed by atoms with Crippen LogP contribution in [0.2, 0.25) is 0 Å². The summed E-state index contributed by atoms with van der Waals surface area (Å²) in [5.41, 5.74) is 0. The predicted molar refractivity (Wildman–Crippen MR) is 80.0 cm³/mol. The maximum Gasteiger partial charge on any atom is 0.220 e. The van der Waals surface area contributed by atoms with Crippen molar-refractivity contribution in [1.29, 1.82) is 0 Å². The molecule has 2 N–H and O–H groups in total. The molecular weight excluding hydrogens is 244 g/mol. The van der Waals surface area contributed by atoms with Crippen molar-refractivity contribution in [3.05, 3.63) is 0 Å². The molecule has 18 heavy (non-hydrogen) atoms. The van der Waals surface area contributed by atoms with Gasteiger partial charge in [-0.1, -0.05) is 13.8 Å². The lowest BCUT2D eigenvalue weighted by Gasteiger charge is -2.30. The van der Waals surface area contributed by atoms with Crippen molar-refractivity contribution in [2.24, 2.45) is 5.92 Å². The number of carbonyl (C=O) groups excluding carboxylic acids is 1. The van der Waals surface area contributed by atoms with E-state index >= 15 is 0 Å². The van der Waals surface area contributed by atoms with Gasteiger partial charge in [0.15, 0.2) is 0 Å². The van der Waals surface area contributed by atoms with Gasteiger partial charge in [0, 0.05) is 17.7 Å². The van der Waals surface area contributed by atoms with Gasteiger partial charge in [0.05, 0.1) is 0 Å². The summed E-state index contributed by atoms with van der Waals surface area (Å²) in [6, 6.07) is 0. The first-order chi connectivity index (χ1) is 8.65. The van der Waals surface area contributed by atoms with E-state index in [-0.39, 0.29) is 10.7 Å². The van der Waals surface area contributed by atoms with Gasteiger partial charge in [-0.05, 0) is 50.9 Å². The van der Waals surface area contributed by atoms with Crippen molar-refractivity contribution >= 4 is 17.7 Å². The van der Waals surface area contributed by atoms with E-state index in [1.165, 1.54) is 12.8 Å². The Labute approximate surface area is 116 Å². The number of hydrogen-bond donors (Lipinski definition) is 2. The van der Waals surface area contributed by atoms with Gasteiger partial charge >= 0.3 is 0 Å². The molecule has 0 aromatic heterocycles. The van der Waals surface area contributed by atoms with Crippen molar-refractivity contribution in [3.63, 3.8) is 0 Å². The topological polar surface area (TPSA) is 41.1 Å². The van der Waals surface area contributed by atoms with Crippen molar-refractivity contribution < 1.29 is 4.79 Å². The van der Waals surface area contributed by atoms with Gasteiger partial charge in [0.25, 0.3) is 0 Å². The van der Waals surface area contributed by atoms with E-state index in [0.717, 1.165) is 32.5 Å². The van der Waals surface area contributed by atoms with Gasteiger partial charge in [0.2, 0.25) is 5.91 Å². The highest BCUT2D eigenvalue weighted by Crippen LogP contribution is 2.29. The molecule has 0 aromatic carbocycles. The van der Waals surface area contributed by atoms with Gasteiger partial charge < -0.3 is 10.6 Å². The SMILES string of the molecule is CCC(CC)(CNC(=O)CC1CCCNC1)SC. The zero-order valence-corrected chi connectivity index (χ0v) is 12.9. The average Bonchev–Trinajstić information content (AvgIpc) is 2.42. The Hall–Kier alpha value is -0.220. The Morgan fingerprint density at radius 1 is 1.44 bits per heavy atom. The number of thioether (sulfide) groups is 1. The van der Waals surface area contributed by atoms with E-state index in [2.05, 4.69) is 30.7 Å². The van der Waals surface area contributed by atoms with Crippen LogP contribution in [0.3, 0.4) is 0 Å². The largest absolute Gasteiger partial charge is 0.355 e. The van der Waals surface area contributed by atoms with Gasteiger partial charge in [-0.25, -0.2) is 0 Å². The lowest BCUT2D eigenvalue weighted by Crippen LogP contribution is -2.41. The molecule has 0 radical (unpaired) electrons. The lowest BCUT2D eigenvalue weighted by molar-refractivity contribution is -0.122. The quantitative estimate of drug-likeness (QED) is 0.748. The van der Waals surface area contributed by atoms with Crippen LogP contribution in [0.5, 0.6) is 0 Å². The van der Waals surface area contributed by atoms with Crippen molar-refractivity contribution in [3.8, 4) is 0 Å². The fourth-order valence-corrected chi connectivity index (χ4v) is 3.35. The highest BCUT2D eigenvalue weighted by atomic mass is 32.2. The second-order valence-corrected chi connectivity index (χ2v) is 6.56. The Morgan fingerprint density at radius 2 is 2.17 bits per heavy atom. The molecule has 0 saturated carbocycles. The third kappa shape index (κ3) is 4.81. The van der Waals surface area contributed by atoms with Crippen LogP contribution in [0.4, 0.5) is 0 Å². The van der Waals surface area contributed by atoms with Gasteiger partial charge in [-0.2, -0.15) is 11.8 Å². The average molecular weight is 272 g/mol. The minimum Gasteiger partial charge on any atom is -0.355 e. The van der Waals surface area contributed by atoms with Crippen LogP contribution in [0.15, 0.2) is 0 Å². The summed E-state index contributed by atoms with van der Waals surface area (Å²) < 4.78 is 0.223. The van der Waals surface area contributed by atoms with E-state index in [9.17, 15) is 4.79 Å². The van der Waals surface area contributed by atoms with Crippen molar-refractivity contribution in [1.82, 2.24) is 10.6 Å². The van der Waals surface area contributed by atoms with Crippen LogP contribution >= 0.6 is 11.8 Å². The molecule has 4 heteroatoms. The molecule has 1 aliphatic rings. The van der Waals surface area contributed by atoms with Gasteiger partial charge in [-0.3, -0.25) is 4.79 Å². The van der Waals surface area contributed by atoms with E-state index in [1.54, 1.807) is 0 Å². The van der Waals surface area contributed by atoms with Crippen molar-refractivity contribution in [2.75, 3.05) is 25.9 Å². The second kappa shape index (κ2) is 8.05. The fourth-order valence-electron chi connectivity index (χ4n) is 2.55. The van der Waals surface area contributed by atoms with E-state index in [1.807, 2.05) is 11.8 Å². The minimum absolute atomic E-state index is 0.223. The molecule has 1 saturated heterocycles. The van der Waals surface area contributed by atoms with E-state index in [0.29, 0.717) is 12.3 Å². The Kier molecular flexibility index (Phi) is 7.08. The van der Waals surface area contributed by atoms with Crippen LogP contribution in [0.1, 0.15) is 46.0 Å². The molecule has 0 aliphatic carbocycles. The zero-order valence-electron chi connectivity index (χ0n) is 12.1. The second-order valence-electron chi connectivity index (χ2n) is 5.29. The zero-order chi connectivity index (χ0) is 13.4. The molecule has 1 unspecified atom stereocenters. The van der Waals surface area contributed by atoms with Crippen LogP contribution in [-0.2, 0) is 4.79 Å². The molecule has 1 heterocycles. The summed E-state index contributed by atoms with van der Waals surface area (Å²) in [4.78, 5) is 12.0. The van der Waals surface area contributed by atoms with E-state index in [4.69, 9.17) is 0 Å². The number of nitrogens with one attached hydrogen (secondary N) is 2. The Bertz CT molecular complexity index is 240. The van der Waals surface area contributed by atoms with Gasteiger partial charge in [-0.15, -0.1) is 0 Å². The molecule has 0 spiro atoms. The third-order valence-electron chi connectivity index (χ3n) is 4.20. The highest BCUT2D eigenvalue weighted by molar-refractivity contribution is 8.00. The summed E-state index contributed by atoms with van der Waals surface area (Å²) >= 11 is 1.88. The van der Waals surface area contributed by atoms with Gasteiger partial charge in [0.1, 0.15) is 0 Å². The summed E-state index contributed by atoms with van der Waals surface area (Å²) in [6.45, 7) is 7.33. The summed E-state index contributed by atoms with van der Waals surface area (Å²) in [7, 11) is 0. The summed E-state index contributed by atoms with van der Waals surface area (Å²) in [6.07, 6.45) is 7.44. The minimum atomic E-state index is 0.223. The first-order valence-corrected chi connectivity index (χ1v) is 8.41. The van der Waals surface area contributed by atoms with Crippen LogP contribution < -0.4 is 10.6 Å².